The summed E-state index contributed by atoms with van der Waals surface area (Å²) in [5, 5.41) is 10.7. The lowest BCUT2D eigenvalue weighted by atomic mass is 9.69. The number of aliphatic hydroxyl groups excluding tert-OH is 1. The van der Waals surface area contributed by atoms with Gasteiger partial charge in [0.1, 0.15) is 0 Å². The van der Waals surface area contributed by atoms with E-state index in [1.807, 2.05) is 6.07 Å². The predicted octanol–water partition coefficient (Wildman–Crippen LogP) is 2.52. The Morgan fingerprint density at radius 1 is 1.26 bits per heavy atom. The standard InChI is InChI=1S/C16H24O3/c1-18-11-5-8-15(17)16(9-12-19-13-10-16)14-6-3-2-4-7-14/h2-4,6-7,15,17H,5,8-13H2,1H3. The molecule has 1 aliphatic rings. The Labute approximate surface area is 115 Å². The van der Waals surface area contributed by atoms with Crippen molar-refractivity contribution in [3.05, 3.63) is 35.9 Å². The molecule has 1 saturated heterocycles. The fourth-order valence-corrected chi connectivity index (χ4v) is 3.02. The fraction of sp³-hybridized carbons (Fsp3) is 0.625. The van der Waals surface area contributed by atoms with E-state index in [0.717, 1.165) is 38.9 Å². The highest BCUT2D eigenvalue weighted by atomic mass is 16.5. The van der Waals surface area contributed by atoms with Gasteiger partial charge in [0.2, 0.25) is 0 Å². The maximum absolute atomic E-state index is 10.7. The Kier molecular flexibility index (Phi) is 5.37. The van der Waals surface area contributed by atoms with E-state index in [1.54, 1.807) is 7.11 Å². The van der Waals surface area contributed by atoms with Gasteiger partial charge in [-0.15, -0.1) is 0 Å². The highest BCUT2D eigenvalue weighted by Crippen LogP contribution is 2.39. The molecule has 1 aromatic carbocycles. The van der Waals surface area contributed by atoms with E-state index in [9.17, 15) is 5.11 Å². The highest BCUT2D eigenvalue weighted by Gasteiger charge is 2.40. The van der Waals surface area contributed by atoms with E-state index >= 15 is 0 Å². The summed E-state index contributed by atoms with van der Waals surface area (Å²) in [7, 11) is 1.70. The molecule has 2 rings (SSSR count). The molecular weight excluding hydrogens is 240 g/mol. The molecule has 0 aromatic heterocycles. The quantitative estimate of drug-likeness (QED) is 0.802. The summed E-state index contributed by atoms with van der Waals surface area (Å²) in [5.74, 6) is 0. The Hall–Kier alpha value is -0.900. The molecule has 1 N–H and O–H groups in total. The van der Waals surface area contributed by atoms with E-state index in [2.05, 4.69) is 24.3 Å². The molecule has 3 nitrogen and oxygen atoms in total. The van der Waals surface area contributed by atoms with Gasteiger partial charge in [-0.3, -0.25) is 0 Å². The number of ether oxygens (including phenoxy) is 2. The summed E-state index contributed by atoms with van der Waals surface area (Å²) < 4.78 is 10.6. The normalized spacial score (nSPS) is 20.1. The van der Waals surface area contributed by atoms with Crippen molar-refractivity contribution in [3.63, 3.8) is 0 Å². The van der Waals surface area contributed by atoms with Gasteiger partial charge in [0.25, 0.3) is 0 Å². The van der Waals surface area contributed by atoms with Crippen molar-refractivity contribution < 1.29 is 14.6 Å². The minimum absolute atomic E-state index is 0.146. The van der Waals surface area contributed by atoms with Crippen LogP contribution in [-0.4, -0.2) is 38.1 Å². The summed E-state index contributed by atoms with van der Waals surface area (Å²) in [6.45, 7) is 2.17. The van der Waals surface area contributed by atoms with Crippen LogP contribution in [0.25, 0.3) is 0 Å². The zero-order valence-corrected chi connectivity index (χ0v) is 11.7. The van der Waals surface area contributed by atoms with Crippen LogP contribution in [0.2, 0.25) is 0 Å². The second kappa shape index (κ2) is 7.04. The number of hydrogen-bond acceptors (Lipinski definition) is 3. The average Bonchev–Trinajstić information content (AvgIpc) is 2.49. The number of aliphatic hydroxyl groups is 1. The molecule has 19 heavy (non-hydrogen) atoms. The summed E-state index contributed by atoms with van der Waals surface area (Å²) in [6.07, 6.45) is 3.14. The van der Waals surface area contributed by atoms with Crippen LogP contribution in [0.3, 0.4) is 0 Å². The summed E-state index contributed by atoms with van der Waals surface area (Å²) in [6, 6.07) is 10.4. The van der Waals surface area contributed by atoms with Crippen LogP contribution >= 0.6 is 0 Å². The molecular formula is C16H24O3. The first-order valence-corrected chi connectivity index (χ1v) is 7.10. The molecule has 1 unspecified atom stereocenters. The molecule has 0 bridgehead atoms. The Morgan fingerprint density at radius 2 is 1.95 bits per heavy atom. The Balaban J connectivity index is 2.15. The number of rotatable bonds is 6. The zero-order valence-electron chi connectivity index (χ0n) is 11.7. The molecule has 106 valence electrons. The van der Waals surface area contributed by atoms with Gasteiger partial charge in [-0.2, -0.15) is 0 Å². The van der Waals surface area contributed by atoms with Crippen LogP contribution in [0.4, 0.5) is 0 Å². The third-order valence-electron chi connectivity index (χ3n) is 4.20. The van der Waals surface area contributed by atoms with Gasteiger partial charge in [-0.1, -0.05) is 30.3 Å². The van der Waals surface area contributed by atoms with Gasteiger partial charge in [0.05, 0.1) is 6.10 Å². The smallest absolute Gasteiger partial charge is 0.0639 e. The predicted molar refractivity (Wildman–Crippen MR) is 75.3 cm³/mol. The van der Waals surface area contributed by atoms with Crippen molar-refractivity contribution in [2.45, 2.75) is 37.2 Å². The summed E-state index contributed by atoms with van der Waals surface area (Å²) in [5.41, 5.74) is 1.09. The topological polar surface area (TPSA) is 38.7 Å². The summed E-state index contributed by atoms with van der Waals surface area (Å²) in [4.78, 5) is 0. The first-order chi connectivity index (χ1) is 9.29. The number of benzene rings is 1. The van der Waals surface area contributed by atoms with Crippen molar-refractivity contribution in [1.82, 2.24) is 0 Å². The molecule has 1 aliphatic heterocycles. The largest absolute Gasteiger partial charge is 0.392 e. The van der Waals surface area contributed by atoms with Crippen molar-refractivity contribution in [3.8, 4) is 0 Å². The van der Waals surface area contributed by atoms with E-state index in [4.69, 9.17) is 9.47 Å². The maximum atomic E-state index is 10.7. The Morgan fingerprint density at radius 3 is 2.58 bits per heavy atom. The lowest BCUT2D eigenvalue weighted by Gasteiger charge is -2.41. The fourth-order valence-electron chi connectivity index (χ4n) is 3.02. The molecule has 1 atom stereocenters. The second-order valence-electron chi connectivity index (χ2n) is 5.29. The minimum Gasteiger partial charge on any atom is -0.392 e. The lowest BCUT2D eigenvalue weighted by molar-refractivity contribution is -0.0214. The molecule has 0 radical (unpaired) electrons. The van der Waals surface area contributed by atoms with E-state index < -0.39 is 0 Å². The van der Waals surface area contributed by atoms with Gasteiger partial charge >= 0.3 is 0 Å². The van der Waals surface area contributed by atoms with Crippen LogP contribution in [0.15, 0.2) is 30.3 Å². The van der Waals surface area contributed by atoms with Crippen molar-refractivity contribution in [1.29, 1.82) is 0 Å². The van der Waals surface area contributed by atoms with Gasteiger partial charge in [0.15, 0.2) is 0 Å². The first kappa shape index (κ1) is 14.5. The van der Waals surface area contributed by atoms with Crippen molar-refractivity contribution >= 4 is 0 Å². The molecule has 3 heteroatoms. The molecule has 0 aliphatic carbocycles. The third kappa shape index (κ3) is 3.35. The SMILES string of the molecule is COCCCC(O)C1(c2ccccc2)CCOCC1. The number of methoxy groups -OCH3 is 1. The summed E-state index contributed by atoms with van der Waals surface area (Å²) >= 11 is 0. The molecule has 0 saturated carbocycles. The van der Waals surface area contributed by atoms with E-state index in [-0.39, 0.29) is 11.5 Å². The van der Waals surface area contributed by atoms with Gasteiger partial charge < -0.3 is 14.6 Å². The third-order valence-corrected chi connectivity index (χ3v) is 4.20. The van der Waals surface area contributed by atoms with Gasteiger partial charge in [0, 0.05) is 32.3 Å². The van der Waals surface area contributed by atoms with Crippen LogP contribution in [0.1, 0.15) is 31.2 Å². The lowest BCUT2D eigenvalue weighted by Crippen LogP contribution is -2.44. The molecule has 1 fully saturated rings. The molecule has 0 spiro atoms. The first-order valence-electron chi connectivity index (χ1n) is 7.10. The van der Waals surface area contributed by atoms with E-state index in [1.165, 1.54) is 5.56 Å². The van der Waals surface area contributed by atoms with Gasteiger partial charge in [-0.05, 0) is 31.2 Å². The van der Waals surface area contributed by atoms with Crippen molar-refractivity contribution in [2.75, 3.05) is 26.9 Å². The molecule has 1 heterocycles. The molecule has 0 amide bonds. The monoisotopic (exact) mass is 264 g/mol. The maximum Gasteiger partial charge on any atom is 0.0639 e. The minimum atomic E-state index is -0.325. The van der Waals surface area contributed by atoms with E-state index in [0.29, 0.717) is 6.61 Å². The zero-order chi connectivity index (χ0) is 13.6. The second-order valence-corrected chi connectivity index (χ2v) is 5.29. The Bertz CT molecular complexity index is 358. The van der Waals surface area contributed by atoms with Crippen LogP contribution in [-0.2, 0) is 14.9 Å². The van der Waals surface area contributed by atoms with Gasteiger partial charge in [-0.25, -0.2) is 0 Å². The number of hydrogen-bond donors (Lipinski definition) is 1. The van der Waals surface area contributed by atoms with Crippen LogP contribution in [0.5, 0.6) is 0 Å². The van der Waals surface area contributed by atoms with Crippen molar-refractivity contribution in [2.24, 2.45) is 0 Å². The highest BCUT2D eigenvalue weighted by molar-refractivity contribution is 5.27. The van der Waals surface area contributed by atoms with Crippen LogP contribution in [0, 0.1) is 0 Å². The molecule has 1 aromatic rings. The average molecular weight is 264 g/mol. The van der Waals surface area contributed by atoms with Crippen LogP contribution < -0.4 is 0 Å².